The second kappa shape index (κ2) is 9.15. The van der Waals surface area contributed by atoms with Gasteiger partial charge in [0.1, 0.15) is 18.1 Å². The van der Waals surface area contributed by atoms with E-state index in [0.29, 0.717) is 29.6 Å². The number of methoxy groups -OCH3 is 1. The fourth-order valence-electron chi connectivity index (χ4n) is 2.10. The Kier molecular flexibility index (Phi) is 6.90. The molecule has 0 aliphatic heterocycles. The molecule has 24 heavy (non-hydrogen) atoms. The summed E-state index contributed by atoms with van der Waals surface area (Å²) in [6, 6.07) is 14.7. The number of amides is 1. The van der Waals surface area contributed by atoms with Gasteiger partial charge in [-0.2, -0.15) is 0 Å². The molecule has 1 N–H and O–H groups in total. The Morgan fingerprint density at radius 1 is 1.21 bits per heavy atom. The molecule has 2 aromatic rings. The van der Waals surface area contributed by atoms with Crippen LogP contribution in [-0.4, -0.2) is 44.7 Å². The number of halogens is 1. The van der Waals surface area contributed by atoms with Gasteiger partial charge in [0.05, 0.1) is 18.7 Å². The van der Waals surface area contributed by atoms with Gasteiger partial charge in [-0.15, -0.1) is 0 Å². The lowest BCUT2D eigenvalue weighted by molar-refractivity contribution is -0.117. The molecular weight excluding hydrogens is 328 g/mol. The summed E-state index contributed by atoms with van der Waals surface area (Å²) >= 11 is 6.04. The zero-order valence-electron chi connectivity index (χ0n) is 13.8. The summed E-state index contributed by atoms with van der Waals surface area (Å²) in [6.07, 6.45) is 0. The van der Waals surface area contributed by atoms with E-state index in [1.54, 1.807) is 25.3 Å². The molecule has 0 spiro atoms. The summed E-state index contributed by atoms with van der Waals surface area (Å²) in [6.45, 7) is 1.43. The molecule has 0 bridgehead atoms. The monoisotopic (exact) mass is 348 g/mol. The van der Waals surface area contributed by atoms with Crippen LogP contribution in [0.2, 0.25) is 5.02 Å². The molecule has 0 aliphatic rings. The van der Waals surface area contributed by atoms with E-state index in [0.717, 1.165) is 5.75 Å². The third-order valence-corrected chi connectivity index (χ3v) is 3.63. The summed E-state index contributed by atoms with van der Waals surface area (Å²) < 4.78 is 10.7. The SMILES string of the molecule is COc1ccc(NC(=O)CN(C)CCOc2ccccc2)cc1Cl. The molecule has 0 saturated carbocycles. The van der Waals surface area contributed by atoms with Gasteiger partial charge in [-0.3, -0.25) is 9.69 Å². The maximum Gasteiger partial charge on any atom is 0.238 e. The van der Waals surface area contributed by atoms with Gasteiger partial charge in [0, 0.05) is 12.2 Å². The highest BCUT2D eigenvalue weighted by Crippen LogP contribution is 2.27. The van der Waals surface area contributed by atoms with Crippen molar-refractivity contribution in [1.82, 2.24) is 4.90 Å². The van der Waals surface area contributed by atoms with Crippen molar-refractivity contribution in [1.29, 1.82) is 0 Å². The minimum Gasteiger partial charge on any atom is -0.495 e. The molecule has 128 valence electrons. The van der Waals surface area contributed by atoms with Crippen LogP contribution in [0.25, 0.3) is 0 Å². The normalized spacial score (nSPS) is 10.5. The maximum atomic E-state index is 12.1. The summed E-state index contributed by atoms with van der Waals surface area (Å²) in [5, 5.41) is 3.27. The van der Waals surface area contributed by atoms with Gasteiger partial charge in [0.2, 0.25) is 5.91 Å². The van der Waals surface area contributed by atoms with Gasteiger partial charge >= 0.3 is 0 Å². The van der Waals surface area contributed by atoms with Gasteiger partial charge in [-0.05, 0) is 37.4 Å². The van der Waals surface area contributed by atoms with Crippen LogP contribution in [0, 0.1) is 0 Å². The highest BCUT2D eigenvalue weighted by Gasteiger charge is 2.09. The second-order valence-corrected chi connectivity index (χ2v) is 5.70. The summed E-state index contributed by atoms with van der Waals surface area (Å²) in [7, 11) is 3.42. The van der Waals surface area contributed by atoms with E-state index in [-0.39, 0.29) is 12.5 Å². The Morgan fingerprint density at radius 2 is 1.96 bits per heavy atom. The lowest BCUT2D eigenvalue weighted by Gasteiger charge is -2.17. The van der Waals surface area contributed by atoms with Gasteiger partial charge in [0.25, 0.3) is 0 Å². The van der Waals surface area contributed by atoms with Crippen LogP contribution >= 0.6 is 11.6 Å². The van der Waals surface area contributed by atoms with Gasteiger partial charge < -0.3 is 14.8 Å². The fraction of sp³-hybridized carbons (Fsp3) is 0.278. The van der Waals surface area contributed by atoms with Crippen molar-refractivity contribution in [3.05, 3.63) is 53.6 Å². The average molecular weight is 349 g/mol. The lowest BCUT2D eigenvalue weighted by atomic mass is 10.3. The van der Waals surface area contributed by atoms with Crippen molar-refractivity contribution in [2.45, 2.75) is 0 Å². The number of nitrogens with zero attached hydrogens (tertiary/aromatic N) is 1. The van der Waals surface area contributed by atoms with Crippen LogP contribution in [-0.2, 0) is 4.79 Å². The Bertz CT molecular complexity index is 665. The van der Waals surface area contributed by atoms with Crippen molar-refractivity contribution < 1.29 is 14.3 Å². The molecule has 0 fully saturated rings. The first-order chi connectivity index (χ1) is 11.6. The number of likely N-dealkylation sites (N-methyl/N-ethyl adjacent to an activating group) is 1. The average Bonchev–Trinajstić information content (AvgIpc) is 2.56. The quantitative estimate of drug-likeness (QED) is 0.795. The third-order valence-electron chi connectivity index (χ3n) is 3.33. The number of nitrogens with one attached hydrogen (secondary N) is 1. The molecule has 6 heteroatoms. The first kappa shape index (κ1) is 18.1. The molecule has 0 heterocycles. The smallest absolute Gasteiger partial charge is 0.238 e. The van der Waals surface area contributed by atoms with E-state index in [1.165, 1.54) is 0 Å². The number of anilines is 1. The van der Waals surface area contributed by atoms with Gasteiger partial charge in [-0.1, -0.05) is 29.8 Å². The standard InChI is InChI=1S/C18H21ClN2O3/c1-21(10-11-24-15-6-4-3-5-7-15)13-18(22)20-14-8-9-17(23-2)16(19)12-14/h3-9,12H,10-11,13H2,1-2H3,(H,20,22). The van der Waals surface area contributed by atoms with Crippen molar-refractivity contribution >= 4 is 23.2 Å². The van der Waals surface area contributed by atoms with Crippen molar-refractivity contribution in [3.63, 3.8) is 0 Å². The predicted molar refractivity (Wildman–Crippen MR) is 96.1 cm³/mol. The molecule has 0 aromatic heterocycles. The number of para-hydroxylation sites is 1. The van der Waals surface area contributed by atoms with Gasteiger partial charge in [0.15, 0.2) is 0 Å². The maximum absolute atomic E-state index is 12.1. The first-order valence-electron chi connectivity index (χ1n) is 7.58. The van der Waals surface area contributed by atoms with Crippen LogP contribution in [0.4, 0.5) is 5.69 Å². The zero-order chi connectivity index (χ0) is 17.4. The fourth-order valence-corrected chi connectivity index (χ4v) is 2.36. The van der Waals surface area contributed by atoms with Crippen LogP contribution in [0.15, 0.2) is 48.5 Å². The van der Waals surface area contributed by atoms with Crippen LogP contribution < -0.4 is 14.8 Å². The number of carbonyl (C=O) groups is 1. The Hall–Kier alpha value is -2.24. The van der Waals surface area contributed by atoms with E-state index in [9.17, 15) is 4.79 Å². The van der Waals surface area contributed by atoms with E-state index in [1.807, 2.05) is 42.3 Å². The third kappa shape index (κ3) is 5.76. The van der Waals surface area contributed by atoms with E-state index in [4.69, 9.17) is 21.1 Å². The van der Waals surface area contributed by atoms with E-state index >= 15 is 0 Å². The molecule has 0 unspecified atom stereocenters. The molecule has 0 saturated heterocycles. The Morgan fingerprint density at radius 3 is 2.62 bits per heavy atom. The molecular formula is C18H21ClN2O3. The Labute approximate surface area is 147 Å². The molecule has 1 amide bonds. The van der Waals surface area contributed by atoms with Crippen LogP contribution in [0.3, 0.4) is 0 Å². The van der Waals surface area contributed by atoms with Crippen LogP contribution in [0.5, 0.6) is 11.5 Å². The highest BCUT2D eigenvalue weighted by atomic mass is 35.5. The van der Waals surface area contributed by atoms with Crippen molar-refractivity contribution in [2.24, 2.45) is 0 Å². The number of benzene rings is 2. The van der Waals surface area contributed by atoms with Gasteiger partial charge in [-0.25, -0.2) is 0 Å². The van der Waals surface area contributed by atoms with Crippen LogP contribution in [0.1, 0.15) is 0 Å². The molecule has 0 atom stereocenters. The van der Waals surface area contributed by atoms with Crippen molar-refractivity contribution in [3.8, 4) is 11.5 Å². The number of ether oxygens (including phenoxy) is 2. The predicted octanol–water partition coefficient (Wildman–Crippen LogP) is 3.30. The molecule has 2 aromatic carbocycles. The number of rotatable bonds is 8. The highest BCUT2D eigenvalue weighted by molar-refractivity contribution is 6.32. The number of carbonyl (C=O) groups excluding carboxylic acids is 1. The minimum atomic E-state index is -0.113. The van der Waals surface area contributed by atoms with Crippen molar-refractivity contribution in [2.75, 3.05) is 39.2 Å². The zero-order valence-corrected chi connectivity index (χ0v) is 14.5. The minimum absolute atomic E-state index is 0.113. The molecule has 5 nitrogen and oxygen atoms in total. The molecule has 0 aliphatic carbocycles. The summed E-state index contributed by atoms with van der Waals surface area (Å²) in [5.74, 6) is 1.28. The van der Waals surface area contributed by atoms with E-state index < -0.39 is 0 Å². The largest absolute Gasteiger partial charge is 0.495 e. The topological polar surface area (TPSA) is 50.8 Å². The number of hydrogen-bond donors (Lipinski definition) is 1. The lowest BCUT2D eigenvalue weighted by Crippen LogP contribution is -2.33. The number of hydrogen-bond acceptors (Lipinski definition) is 4. The summed E-state index contributed by atoms with van der Waals surface area (Å²) in [5.41, 5.74) is 0.639. The first-order valence-corrected chi connectivity index (χ1v) is 7.96. The van der Waals surface area contributed by atoms with E-state index in [2.05, 4.69) is 5.32 Å². The molecule has 0 radical (unpaired) electrons. The molecule has 2 rings (SSSR count). The Balaban J connectivity index is 1.74. The summed E-state index contributed by atoms with van der Waals surface area (Å²) in [4.78, 5) is 13.9. The second-order valence-electron chi connectivity index (χ2n) is 5.30.